The van der Waals surface area contributed by atoms with Crippen molar-refractivity contribution in [2.24, 2.45) is 5.73 Å². The fourth-order valence-electron chi connectivity index (χ4n) is 4.79. The van der Waals surface area contributed by atoms with Crippen molar-refractivity contribution in [3.8, 4) is 11.1 Å². The molecule has 1 saturated carbocycles. The van der Waals surface area contributed by atoms with Gasteiger partial charge in [0.15, 0.2) is 0 Å². The van der Waals surface area contributed by atoms with Crippen molar-refractivity contribution >= 4 is 12.1 Å². The molecule has 4 N–H and O–H groups in total. The molecule has 0 bridgehead atoms. The number of aliphatic carboxylic acids is 1. The van der Waals surface area contributed by atoms with Crippen molar-refractivity contribution < 1.29 is 19.4 Å². The van der Waals surface area contributed by atoms with Crippen molar-refractivity contribution in [3.05, 3.63) is 59.7 Å². The summed E-state index contributed by atoms with van der Waals surface area (Å²) < 4.78 is 5.63. The molecule has 0 spiro atoms. The second kappa shape index (κ2) is 7.76. The lowest BCUT2D eigenvalue weighted by Gasteiger charge is -2.42. The van der Waals surface area contributed by atoms with Gasteiger partial charge in [0.2, 0.25) is 0 Å². The van der Waals surface area contributed by atoms with Gasteiger partial charge in [-0.2, -0.15) is 0 Å². The Balaban J connectivity index is 1.46. The number of carboxylic acids is 1. The summed E-state index contributed by atoms with van der Waals surface area (Å²) in [5, 5.41) is 12.2. The van der Waals surface area contributed by atoms with Gasteiger partial charge in [-0.05, 0) is 54.9 Å². The molecule has 0 aromatic heterocycles. The second-order valence-corrected chi connectivity index (χ2v) is 8.96. The van der Waals surface area contributed by atoms with Crippen LogP contribution in [0.15, 0.2) is 48.5 Å². The van der Waals surface area contributed by atoms with Gasteiger partial charge < -0.3 is 20.9 Å². The molecule has 0 heterocycles. The summed E-state index contributed by atoms with van der Waals surface area (Å²) in [4.78, 5) is 24.1. The molecule has 6 nitrogen and oxygen atoms in total. The highest BCUT2D eigenvalue weighted by Gasteiger charge is 2.42. The number of hydrogen-bond acceptors (Lipinski definition) is 4. The van der Waals surface area contributed by atoms with Crippen LogP contribution in [0.1, 0.15) is 56.1 Å². The number of carbonyl (C=O) groups is 2. The van der Waals surface area contributed by atoms with Crippen molar-refractivity contribution in [2.75, 3.05) is 6.61 Å². The number of carboxylic acid groups (broad SMARTS) is 1. The third kappa shape index (κ3) is 4.05. The zero-order valence-electron chi connectivity index (χ0n) is 17.2. The molecule has 1 amide bonds. The lowest BCUT2D eigenvalue weighted by molar-refractivity contribution is -0.139. The monoisotopic (exact) mass is 408 g/mol. The van der Waals surface area contributed by atoms with Gasteiger partial charge in [-0.25, -0.2) is 4.79 Å². The van der Waals surface area contributed by atoms with Crippen LogP contribution in [0.25, 0.3) is 11.1 Å². The van der Waals surface area contributed by atoms with E-state index in [-0.39, 0.29) is 24.5 Å². The molecule has 0 radical (unpaired) electrons. The fourth-order valence-corrected chi connectivity index (χ4v) is 4.79. The van der Waals surface area contributed by atoms with E-state index >= 15 is 0 Å². The number of amides is 1. The van der Waals surface area contributed by atoms with Crippen LogP contribution in [-0.4, -0.2) is 34.9 Å². The van der Waals surface area contributed by atoms with E-state index < -0.39 is 17.6 Å². The average Bonchev–Trinajstić information content (AvgIpc) is 3.02. The first-order valence-electron chi connectivity index (χ1n) is 10.4. The summed E-state index contributed by atoms with van der Waals surface area (Å²) in [7, 11) is 0. The number of ether oxygens (including phenoxy) is 1. The highest BCUT2D eigenvalue weighted by Crippen LogP contribution is 2.44. The highest BCUT2D eigenvalue weighted by atomic mass is 16.5. The van der Waals surface area contributed by atoms with Crippen LogP contribution in [0, 0.1) is 0 Å². The molecule has 2 aromatic rings. The fraction of sp³-hybridized carbons (Fsp3) is 0.417. The normalized spacial score (nSPS) is 25.3. The van der Waals surface area contributed by atoms with Crippen molar-refractivity contribution in [2.45, 2.75) is 56.0 Å². The lowest BCUT2D eigenvalue weighted by Crippen LogP contribution is -2.56. The lowest BCUT2D eigenvalue weighted by atomic mass is 9.72. The molecule has 1 fully saturated rings. The molecule has 2 aromatic carbocycles. The largest absolute Gasteiger partial charge is 0.481 e. The van der Waals surface area contributed by atoms with Crippen LogP contribution in [0.5, 0.6) is 0 Å². The summed E-state index contributed by atoms with van der Waals surface area (Å²) in [6, 6.07) is 16.3. The number of benzene rings is 2. The van der Waals surface area contributed by atoms with Gasteiger partial charge in [0.1, 0.15) is 6.61 Å². The minimum absolute atomic E-state index is 0.0303. The van der Waals surface area contributed by atoms with Crippen molar-refractivity contribution in [1.82, 2.24) is 5.32 Å². The molecule has 158 valence electrons. The molecular weight excluding hydrogens is 380 g/mol. The van der Waals surface area contributed by atoms with Gasteiger partial charge in [-0.1, -0.05) is 48.5 Å². The van der Waals surface area contributed by atoms with E-state index in [0.29, 0.717) is 25.7 Å². The molecule has 0 aliphatic heterocycles. The average molecular weight is 408 g/mol. The maximum atomic E-state index is 12.7. The van der Waals surface area contributed by atoms with E-state index in [1.807, 2.05) is 31.2 Å². The Bertz CT molecular complexity index is 914. The van der Waals surface area contributed by atoms with Gasteiger partial charge >= 0.3 is 12.1 Å². The molecule has 2 aliphatic rings. The van der Waals surface area contributed by atoms with Crippen LogP contribution in [0.3, 0.4) is 0 Å². The zero-order chi connectivity index (χ0) is 21.4. The predicted octanol–water partition coefficient (Wildman–Crippen LogP) is 4.03. The Morgan fingerprint density at radius 2 is 1.57 bits per heavy atom. The highest BCUT2D eigenvalue weighted by molar-refractivity contribution is 5.79. The van der Waals surface area contributed by atoms with E-state index in [4.69, 9.17) is 10.5 Å². The van der Waals surface area contributed by atoms with Crippen LogP contribution in [0.2, 0.25) is 0 Å². The second-order valence-electron chi connectivity index (χ2n) is 8.96. The SMILES string of the molecule is CC1(N)CCC(CC(=O)O)(NC(=O)OCC2c3ccccc3-c3ccccc32)CC1. The Kier molecular flexibility index (Phi) is 5.28. The standard InChI is InChI=1S/C24H28N2O4/c1-23(25)10-12-24(13-11-23,14-21(27)28)26-22(29)30-15-20-18-8-4-2-6-16(18)17-7-3-5-9-19(17)20/h2-9,20H,10-15,25H2,1H3,(H,26,29)(H,27,28). The van der Waals surface area contributed by atoms with E-state index in [1.165, 1.54) is 11.1 Å². The van der Waals surface area contributed by atoms with Gasteiger partial charge in [0.25, 0.3) is 0 Å². The minimum Gasteiger partial charge on any atom is -0.481 e. The summed E-state index contributed by atoms with van der Waals surface area (Å²) in [6.07, 6.45) is 1.66. The quantitative estimate of drug-likeness (QED) is 0.693. The first-order valence-corrected chi connectivity index (χ1v) is 10.4. The van der Waals surface area contributed by atoms with E-state index in [2.05, 4.69) is 29.6 Å². The van der Waals surface area contributed by atoms with Gasteiger partial charge in [-0.15, -0.1) is 0 Å². The van der Waals surface area contributed by atoms with Gasteiger partial charge in [-0.3, -0.25) is 4.79 Å². The van der Waals surface area contributed by atoms with E-state index in [0.717, 1.165) is 11.1 Å². The molecule has 6 heteroatoms. The molecule has 0 saturated heterocycles. The molecule has 2 aliphatic carbocycles. The first-order chi connectivity index (χ1) is 14.3. The molecule has 4 rings (SSSR count). The maximum Gasteiger partial charge on any atom is 0.407 e. The van der Waals surface area contributed by atoms with Gasteiger partial charge in [0, 0.05) is 11.5 Å². The van der Waals surface area contributed by atoms with Gasteiger partial charge in [0.05, 0.1) is 12.0 Å². The topological polar surface area (TPSA) is 102 Å². The van der Waals surface area contributed by atoms with Crippen LogP contribution in [0.4, 0.5) is 4.79 Å². The van der Waals surface area contributed by atoms with E-state index in [9.17, 15) is 14.7 Å². The summed E-state index contributed by atoms with van der Waals surface area (Å²) in [5.74, 6) is -0.966. The number of nitrogens with two attached hydrogens (primary N) is 1. The molecule has 0 atom stereocenters. The molecular formula is C24H28N2O4. The number of fused-ring (bicyclic) bond motifs is 3. The van der Waals surface area contributed by atoms with Crippen LogP contribution >= 0.6 is 0 Å². The Morgan fingerprint density at radius 1 is 1.03 bits per heavy atom. The minimum atomic E-state index is -0.936. The third-order valence-electron chi connectivity index (χ3n) is 6.55. The Hall–Kier alpha value is -2.86. The van der Waals surface area contributed by atoms with Crippen molar-refractivity contribution in [3.63, 3.8) is 0 Å². The smallest absolute Gasteiger partial charge is 0.407 e. The number of rotatable bonds is 5. The van der Waals surface area contributed by atoms with E-state index in [1.54, 1.807) is 0 Å². The zero-order valence-corrected chi connectivity index (χ0v) is 17.2. The van der Waals surface area contributed by atoms with Crippen molar-refractivity contribution in [1.29, 1.82) is 0 Å². The first kappa shape index (κ1) is 20.4. The summed E-state index contributed by atoms with van der Waals surface area (Å²) in [5.41, 5.74) is 9.68. The maximum absolute atomic E-state index is 12.7. The molecule has 30 heavy (non-hydrogen) atoms. The van der Waals surface area contributed by atoms with Crippen LogP contribution in [-0.2, 0) is 9.53 Å². The predicted molar refractivity (Wildman–Crippen MR) is 114 cm³/mol. The number of carbonyl (C=O) groups excluding carboxylic acids is 1. The Labute approximate surface area is 176 Å². The number of hydrogen-bond donors (Lipinski definition) is 3. The van der Waals surface area contributed by atoms with Crippen LogP contribution < -0.4 is 11.1 Å². The third-order valence-corrected chi connectivity index (χ3v) is 6.55. The summed E-state index contributed by atoms with van der Waals surface area (Å²) >= 11 is 0. The number of nitrogens with one attached hydrogen (secondary N) is 1. The number of alkyl carbamates (subject to hydrolysis) is 1. The summed E-state index contributed by atoms with van der Waals surface area (Å²) in [6.45, 7) is 2.17. The molecule has 0 unspecified atom stereocenters. The Morgan fingerprint density at radius 3 is 2.10 bits per heavy atom.